The van der Waals surface area contributed by atoms with Crippen LogP contribution in [0, 0.1) is 0 Å². The lowest BCUT2D eigenvalue weighted by molar-refractivity contribution is -0.160. The van der Waals surface area contributed by atoms with Gasteiger partial charge in [0.2, 0.25) is 0 Å². The van der Waals surface area contributed by atoms with Gasteiger partial charge in [0.05, 0.1) is 14.2 Å². The van der Waals surface area contributed by atoms with Crippen molar-refractivity contribution >= 4 is 27.9 Å². The second kappa shape index (κ2) is 8.75. The van der Waals surface area contributed by atoms with Gasteiger partial charge < -0.3 is 15.6 Å². The first-order chi connectivity index (χ1) is 11.4. The molecule has 1 aliphatic carbocycles. The fourth-order valence-electron chi connectivity index (χ4n) is 3.33. The highest BCUT2D eigenvalue weighted by atomic mass is 28.3. The summed E-state index contributed by atoms with van der Waals surface area (Å²) in [5.41, 5.74) is 6.08. The second-order valence-corrected chi connectivity index (χ2v) is 20.1. The normalized spacial score (nSPS) is 26.0. The molecular formula is C18H35NO4Si2. The molecule has 0 amide bonds. The number of aliphatic hydroxyl groups excluding tert-OH is 1. The third-order valence-electron chi connectivity index (χ3n) is 5.41. The van der Waals surface area contributed by atoms with E-state index in [1.54, 1.807) is 0 Å². The van der Waals surface area contributed by atoms with E-state index in [4.69, 9.17) is 10.5 Å². The van der Waals surface area contributed by atoms with Crippen LogP contribution in [-0.4, -0.2) is 51.3 Å². The largest absolute Gasteiger partial charge is 0.458 e. The maximum absolute atomic E-state index is 11.9. The number of hydrogen-bond acceptors (Lipinski definition) is 5. The zero-order valence-corrected chi connectivity index (χ0v) is 18.4. The quantitative estimate of drug-likeness (QED) is 0.290. The second-order valence-electron chi connectivity index (χ2n) is 9.19. The Labute approximate surface area is 154 Å². The Bertz CT molecular complexity index is 502. The molecule has 25 heavy (non-hydrogen) atoms. The van der Waals surface area contributed by atoms with Crippen LogP contribution in [0.2, 0.25) is 50.4 Å². The summed E-state index contributed by atoms with van der Waals surface area (Å²) in [5.74, 6) is -1.34. The lowest BCUT2D eigenvalue weighted by Gasteiger charge is -2.41. The van der Waals surface area contributed by atoms with Crippen molar-refractivity contribution in [2.24, 2.45) is 5.73 Å². The summed E-state index contributed by atoms with van der Waals surface area (Å²) in [6, 6.07) is 1.28. The van der Waals surface area contributed by atoms with E-state index in [-0.39, 0.29) is 0 Å². The first-order valence-corrected chi connectivity index (χ1v) is 16.2. The standard InChI is InChI=1S/C18H35NO4Si2/c1-7-14(20)17(19)18(22)23-16-9-8-13(12-15(16)21)25(5,6)11-10-24(2,3)4/h7,13,15-17,21H,1,8-12,19H2,2-6H3. The molecule has 0 aromatic carbocycles. The number of nitrogens with two attached hydrogens (primary N) is 1. The minimum atomic E-state index is -1.43. The van der Waals surface area contributed by atoms with Gasteiger partial charge in [0.15, 0.2) is 11.8 Å². The summed E-state index contributed by atoms with van der Waals surface area (Å²) in [6.07, 6.45) is 2.06. The highest BCUT2D eigenvalue weighted by molar-refractivity contribution is 6.82. The zero-order chi connectivity index (χ0) is 19.4. The fraction of sp³-hybridized carbons (Fsp3) is 0.778. The van der Waals surface area contributed by atoms with Gasteiger partial charge in [0.25, 0.3) is 0 Å². The Morgan fingerprint density at radius 2 is 1.84 bits per heavy atom. The molecule has 3 N–H and O–H groups in total. The summed E-state index contributed by atoms with van der Waals surface area (Å²) in [6.45, 7) is 15.3. The Kier molecular flexibility index (Phi) is 7.79. The number of rotatable bonds is 8. The molecule has 0 spiro atoms. The summed E-state index contributed by atoms with van der Waals surface area (Å²) in [4.78, 5) is 23.4. The maximum atomic E-state index is 11.9. The van der Waals surface area contributed by atoms with Gasteiger partial charge in [-0.1, -0.05) is 51.4 Å². The first-order valence-electron chi connectivity index (χ1n) is 9.18. The third kappa shape index (κ3) is 6.81. The number of hydrogen-bond donors (Lipinski definition) is 2. The Morgan fingerprint density at radius 3 is 2.32 bits per heavy atom. The van der Waals surface area contributed by atoms with Crippen molar-refractivity contribution < 1.29 is 19.4 Å². The number of carbonyl (C=O) groups is 2. The van der Waals surface area contributed by atoms with E-state index in [2.05, 4.69) is 39.3 Å². The van der Waals surface area contributed by atoms with E-state index < -0.39 is 46.2 Å². The van der Waals surface area contributed by atoms with Crippen LogP contribution in [0.15, 0.2) is 12.7 Å². The highest BCUT2D eigenvalue weighted by Gasteiger charge is 2.41. The fourth-order valence-corrected chi connectivity index (χ4v) is 11.1. The monoisotopic (exact) mass is 385 g/mol. The molecule has 5 nitrogen and oxygen atoms in total. The molecule has 0 heterocycles. The topological polar surface area (TPSA) is 89.6 Å². The Balaban J connectivity index is 2.60. The predicted octanol–water partition coefficient (Wildman–Crippen LogP) is 2.94. The van der Waals surface area contributed by atoms with Crippen LogP contribution in [0.3, 0.4) is 0 Å². The molecule has 0 aromatic rings. The van der Waals surface area contributed by atoms with Crippen LogP contribution >= 0.6 is 0 Å². The van der Waals surface area contributed by atoms with Crippen LogP contribution in [0.1, 0.15) is 19.3 Å². The highest BCUT2D eigenvalue weighted by Crippen LogP contribution is 2.41. The molecule has 4 atom stereocenters. The van der Waals surface area contributed by atoms with Crippen molar-refractivity contribution in [3.63, 3.8) is 0 Å². The van der Waals surface area contributed by atoms with E-state index in [0.717, 1.165) is 12.5 Å². The number of carbonyl (C=O) groups excluding carboxylic acids is 2. The molecule has 4 unspecified atom stereocenters. The van der Waals surface area contributed by atoms with Gasteiger partial charge in [-0.25, -0.2) is 4.79 Å². The van der Waals surface area contributed by atoms with Crippen molar-refractivity contribution in [1.82, 2.24) is 0 Å². The molecule has 0 radical (unpaired) electrons. The van der Waals surface area contributed by atoms with Gasteiger partial charge in [-0.2, -0.15) is 0 Å². The minimum absolute atomic E-state index is 0.539. The smallest absolute Gasteiger partial charge is 0.331 e. The molecular weight excluding hydrogens is 350 g/mol. The molecule has 0 bridgehead atoms. The van der Waals surface area contributed by atoms with Crippen molar-refractivity contribution in [2.45, 2.75) is 87.9 Å². The maximum Gasteiger partial charge on any atom is 0.331 e. The predicted molar refractivity (Wildman–Crippen MR) is 107 cm³/mol. The molecule has 144 valence electrons. The van der Waals surface area contributed by atoms with Gasteiger partial charge in [0, 0.05) is 8.07 Å². The average molecular weight is 386 g/mol. The number of esters is 1. The molecule has 0 saturated heterocycles. The lowest BCUT2D eigenvalue weighted by atomic mass is 9.94. The van der Waals surface area contributed by atoms with Crippen LogP contribution in [0.5, 0.6) is 0 Å². The molecule has 1 rings (SSSR count). The van der Waals surface area contributed by atoms with Crippen molar-refractivity contribution in [2.75, 3.05) is 0 Å². The average Bonchev–Trinajstić information content (AvgIpc) is 2.52. The van der Waals surface area contributed by atoms with E-state index in [9.17, 15) is 14.7 Å². The third-order valence-corrected chi connectivity index (χ3v) is 11.9. The van der Waals surface area contributed by atoms with E-state index in [0.29, 0.717) is 18.4 Å². The van der Waals surface area contributed by atoms with Crippen LogP contribution in [0.4, 0.5) is 0 Å². The molecule has 1 aliphatic rings. The van der Waals surface area contributed by atoms with E-state index in [1.165, 1.54) is 12.1 Å². The van der Waals surface area contributed by atoms with Gasteiger partial charge >= 0.3 is 5.97 Å². The minimum Gasteiger partial charge on any atom is -0.458 e. The molecule has 1 fully saturated rings. The summed E-state index contributed by atoms with van der Waals surface area (Å²) in [7, 11) is -2.49. The van der Waals surface area contributed by atoms with Gasteiger partial charge in [0.1, 0.15) is 6.10 Å². The number of ketones is 1. The van der Waals surface area contributed by atoms with Crippen molar-refractivity contribution in [3.8, 4) is 0 Å². The van der Waals surface area contributed by atoms with Gasteiger partial charge in [-0.15, -0.1) is 0 Å². The molecule has 1 saturated carbocycles. The number of ether oxygens (including phenoxy) is 1. The molecule has 7 heteroatoms. The Morgan fingerprint density at radius 1 is 1.24 bits per heavy atom. The Hall–Kier alpha value is -0.766. The SMILES string of the molecule is C=CC(=O)C(N)C(=O)OC1CCC([Si](C)(C)CC[Si](C)(C)C)CC1O. The van der Waals surface area contributed by atoms with Crippen molar-refractivity contribution in [3.05, 3.63) is 12.7 Å². The number of aliphatic hydroxyl groups is 1. The van der Waals surface area contributed by atoms with Gasteiger partial charge in [-0.3, -0.25) is 4.79 Å². The van der Waals surface area contributed by atoms with Crippen LogP contribution in [0.25, 0.3) is 0 Å². The van der Waals surface area contributed by atoms with Crippen LogP contribution in [-0.2, 0) is 14.3 Å². The summed E-state index contributed by atoms with van der Waals surface area (Å²) in [5, 5.41) is 10.5. The summed E-state index contributed by atoms with van der Waals surface area (Å²) >= 11 is 0. The van der Waals surface area contributed by atoms with Crippen LogP contribution < -0.4 is 5.73 Å². The van der Waals surface area contributed by atoms with E-state index >= 15 is 0 Å². The molecule has 0 aliphatic heterocycles. The van der Waals surface area contributed by atoms with Gasteiger partial charge in [-0.05, 0) is 30.9 Å². The zero-order valence-electron chi connectivity index (χ0n) is 16.4. The summed E-state index contributed by atoms with van der Waals surface area (Å²) < 4.78 is 5.30. The lowest BCUT2D eigenvalue weighted by Crippen LogP contribution is -2.47. The van der Waals surface area contributed by atoms with Crippen molar-refractivity contribution in [1.29, 1.82) is 0 Å². The van der Waals surface area contributed by atoms with E-state index in [1.807, 2.05) is 0 Å². The first kappa shape index (κ1) is 22.3. The molecule has 0 aromatic heterocycles.